The van der Waals surface area contributed by atoms with Crippen LogP contribution in [0.3, 0.4) is 0 Å². The number of benzene rings is 1. The summed E-state index contributed by atoms with van der Waals surface area (Å²) in [5.74, 6) is -0.301. The highest BCUT2D eigenvalue weighted by molar-refractivity contribution is 5.49. The molecule has 0 aromatic heterocycles. The molecule has 18 heavy (non-hydrogen) atoms. The summed E-state index contributed by atoms with van der Waals surface area (Å²) in [6, 6.07) is 8.85. The Kier molecular flexibility index (Phi) is 3.83. The van der Waals surface area contributed by atoms with E-state index in [1.807, 2.05) is 0 Å². The van der Waals surface area contributed by atoms with Crippen LogP contribution in [0.2, 0.25) is 0 Å². The molecule has 1 aliphatic rings. The van der Waals surface area contributed by atoms with Crippen molar-refractivity contribution in [2.75, 3.05) is 25.0 Å². The lowest BCUT2D eigenvalue weighted by Crippen LogP contribution is -2.48. The van der Waals surface area contributed by atoms with Crippen molar-refractivity contribution in [2.24, 2.45) is 0 Å². The SMILES string of the molecule is CCN1CCC(C#N)(Nc2ccccc2F)CC1. The number of halogens is 1. The summed E-state index contributed by atoms with van der Waals surface area (Å²) in [4.78, 5) is 2.30. The van der Waals surface area contributed by atoms with Gasteiger partial charge >= 0.3 is 0 Å². The van der Waals surface area contributed by atoms with Crippen molar-refractivity contribution in [1.82, 2.24) is 4.90 Å². The van der Waals surface area contributed by atoms with Gasteiger partial charge in [0, 0.05) is 13.1 Å². The summed E-state index contributed by atoms with van der Waals surface area (Å²) in [5, 5.41) is 12.5. The molecule has 1 aromatic rings. The van der Waals surface area contributed by atoms with Gasteiger partial charge in [-0.1, -0.05) is 19.1 Å². The van der Waals surface area contributed by atoms with Gasteiger partial charge in [0.15, 0.2) is 0 Å². The first-order valence-corrected chi connectivity index (χ1v) is 6.35. The molecule has 1 fully saturated rings. The Labute approximate surface area is 107 Å². The van der Waals surface area contributed by atoms with Gasteiger partial charge in [-0.25, -0.2) is 4.39 Å². The molecule has 0 atom stereocenters. The zero-order chi connectivity index (χ0) is 13.0. The van der Waals surface area contributed by atoms with E-state index in [2.05, 4.69) is 23.2 Å². The molecular weight excluding hydrogens is 229 g/mol. The normalized spacial score (nSPS) is 19.2. The molecule has 0 amide bonds. The van der Waals surface area contributed by atoms with Crippen LogP contribution in [-0.2, 0) is 0 Å². The largest absolute Gasteiger partial charge is 0.365 e. The Morgan fingerprint density at radius 2 is 2.06 bits per heavy atom. The molecule has 0 aliphatic carbocycles. The number of nitrogens with zero attached hydrogens (tertiary/aromatic N) is 2. The summed E-state index contributed by atoms with van der Waals surface area (Å²) in [5.41, 5.74) is -0.211. The van der Waals surface area contributed by atoms with Crippen molar-refractivity contribution in [3.05, 3.63) is 30.1 Å². The molecule has 1 N–H and O–H groups in total. The third-order valence-corrected chi connectivity index (χ3v) is 3.62. The summed E-state index contributed by atoms with van der Waals surface area (Å²) < 4.78 is 13.6. The van der Waals surface area contributed by atoms with Crippen LogP contribution in [-0.4, -0.2) is 30.1 Å². The minimum absolute atomic E-state index is 0.301. The molecule has 0 saturated carbocycles. The molecule has 0 radical (unpaired) electrons. The Bertz CT molecular complexity index is 445. The fourth-order valence-corrected chi connectivity index (χ4v) is 2.34. The van der Waals surface area contributed by atoms with E-state index in [0.717, 1.165) is 32.5 Å². The summed E-state index contributed by atoms with van der Waals surface area (Å²) in [6.45, 7) is 4.88. The minimum atomic E-state index is -0.631. The number of likely N-dealkylation sites (tertiary alicyclic amines) is 1. The van der Waals surface area contributed by atoms with Gasteiger partial charge in [-0.05, 0) is 31.5 Å². The number of rotatable bonds is 3. The van der Waals surface area contributed by atoms with Gasteiger partial charge in [-0.2, -0.15) is 5.26 Å². The first-order chi connectivity index (χ1) is 8.69. The highest BCUT2D eigenvalue weighted by Crippen LogP contribution is 2.27. The second-order valence-corrected chi connectivity index (χ2v) is 4.73. The lowest BCUT2D eigenvalue weighted by molar-refractivity contribution is 0.206. The first-order valence-electron chi connectivity index (χ1n) is 6.35. The number of nitriles is 1. The van der Waals surface area contributed by atoms with Crippen LogP contribution in [0.5, 0.6) is 0 Å². The highest BCUT2D eigenvalue weighted by atomic mass is 19.1. The number of nitrogens with one attached hydrogen (secondary N) is 1. The van der Waals surface area contributed by atoms with Gasteiger partial charge in [0.25, 0.3) is 0 Å². The van der Waals surface area contributed by atoms with Crippen LogP contribution in [0.1, 0.15) is 19.8 Å². The molecule has 1 aromatic carbocycles. The zero-order valence-electron chi connectivity index (χ0n) is 10.6. The second kappa shape index (κ2) is 5.36. The van der Waals surface area contributed by atoms with Gasteiger partial charge in [0.1, 0.15) is 11.4 Å². The van der Waals surface area contributed by atoms with Gasteiger partial charge in [-0.15, -0.1) is 0 Å². The molecule has 1 saturated heterocycles. The van der Waals surface area contributed by atoms with E-state index in [1.165, 1.54) is 6.07 Å². The van der Waals surface area contributed by atoms with E-state index in [9.17, 15) is 9.65 Å². The van der Waals surface area contributed by atoms with Crippen molar-refractivity contribution in [2.45, 2.75) is 25.3 Å². The summed E-state index contributed by atoms with van der Waals surface area (Å²) in [7, 11) is 0. The van der Waals surface area contributed by atoms with Gasteiger partial charge in [-0.3, -0.25) is 0 Å². The molecular formula is C14H18FN3. The van der Waals surface area contributed by atoms with E-state index in [1.54, 1.807) is 18.2 Å². The van der Waals surface area contributed by atoms with Crippen LogP contribution in [0.25, 0.3) is 0 Å². The first kappa shape index (κ1) is 12.8. The predicted octanol–water partition coefficient (Wildman–Crippen LogP) is 2.62. The Hall–Kier alpha value is -1.60. The number of anilines is 1. The fraction of sp³-hybridized carbons (Fsp3) is 0.500. The quantitative estimate of drug-likeness (QED) is 0.892. The van der Waals surface area contributed by atoms with Crippen molar-refractivity contribution in [3.8, 4) is 6.07 Å². The van der Waals surface area contributed by atoms with E-state index in [-0.39, 0.29) is 5.82 Å². The molecule has 1 aliphatic heterocycles. The number of hydrogen-bond acceptors (Lipinski definition) is 3. The van der Waals surface area contributed by atoms with E-state index < -0.39 is 5.54 Å². The van der Waals surface area contributed by atoms with E-state index in [4.69, 9.17) is 0 Å². The summed E-state index contributed by atoms with van der Waals surface area (Å²) in [6.07, 6.45) is 1.46. The van der Waals surface area contributed by atoms with E-state index in [0.29, 0.717) is 5.69 Å². The number of piperidine rings is 1. The average molecular weight is 247 g/mol. The Balaban J connectivity index is 2.11. The Morgan fingerprint density at radius 1 is 1.39 bits per heavy atom. The van der Waals surface area contributed by atoms with Crippen molar-refractivity contribution in [3.63, 3.8) is 0 Å². The Morgan fingerprint density at radius 3 is 2.61 bits per heavy atom. The molecule has 0 spiro atoms. The third kappa shape index (κ3) is 2.62. The van der Waals surface area contributed by atoms with Crippen LogP contribution in [0.4, 0.5) is 10.1 Å². The molecule has 96 valence electrons. The molecule has 3 nitrogen and oxygen atoms in total. The maximum absolute atomic E-state index is 13.6. The number of hydrogen-bond donors (Lipinski definition) is 1. The van der Waals surface area contributed by atoms with Gasteiger partial charge < -0.3 is 10.2 Å². The highest BCUT2D eigenvalue weighted by Gasteiger charge is 2.34. The maximum atomic E-state index is 13.6. The summed E-state index contributed by atoms with van der Waals surface area (Å²) >= 11 is 0. The van der Waals surface area contributed by atoms with Crippen LogP contribution in [0, 0.1) is 17.1 Å². The predicted molar refractivity (Wildman–Crippen MR) is 69.7 cm³/mol. The standard InChI is InChI=1S/C14H18FN3/c1-2-18-9-7-14(11-16,8-10-18)17-13-6-4-3-5-12(13)15/h3-6,17H,2,7-10H2,1H3. The molecule has 2 rings (SSSR count). The van der Waals surface area contributed by atoms with Crippen LogP contribution < -0.4 is 5.32 Å². The minimum Gasteiger partial charge on any atom is -0.365 e. The third-order valence-electron chi connectivity index (χ3n) is 3.62. The molecule has 1 heterocycles. The van der Waals surface area contributed by atoms with Gasteiger partial charge in [0.2, 0.25) is 0 Å². The van der Waals surface area contributed by atoms with Crippen LogP contribution in [0.15, 0.2) is 24.3 Å². The zero-order valence-corrected chi connectivity index (χ0v) is 10.6. The monoisotopic (exact) mass is 247 g/mol. The van der Waals surface area contributed by atoms with Crippen molar-refractivity contribution < 1.29 is 4.39 Å². The molecule has 0 unspecified atom stereocenters. The fourth-order valence-electron chi connectivity index (χ4n) is 2.34. The number of para-hydroxylation sites is 1. The van der Waals surface area contributed by atoms with Crippen molar-refractivity contribution in [1.29, 1.82) is 5.26 Å². The average Bonchev–Trinajstić information content (AvgIpc) is 2.42. The van der Waals surface area contributed by atoms with Crippen molar-refractivity contribution >= 4 is 5.69 Å². The van der Waals surface area contributed by atoms with E-state index >= 15 is 0 Å². The smallest absolute Gasteiger partial charge is 0.146 e. The lowest BCUT2D eigenvalue weighted by atomic mass is 9.88. The topological polar surface area (TPSA) is 39.1 Å². The lowest BCUT2D eigenvalue weighted by Gasteiger charge is -2.37. The maximum Gasteiger partial charge on any atom is 0.146 e. The molecule has 0 bridgehead atoms. The van der Waals surface area contributed by atoms with Crippen LogP contribution >= 0.6 is 0 Å². The van der Waals surface area contributed by atoms with Gasteiger partial charge in [0.05, 0.1) is 11.8 Å². The second-order valence-electron chi connectivity index (χ2n) is 4.73. The molecule has 4 heteroatoms.